The fourth-order valence-electron chi connectivity index (χ4n) is 2.31. The average Bonchev–Trinajstić information content (AvgIpc) is 2.81. The molecule has 0 aromatic heterocycles. The van der Waals surface area contributed by atoms with Crippen LogP contribution in [0.25, 0.3) is 0 Å². The van der Waals surface area contributed by atoms with Crippen LogP contribution in [-0.2, 0) is 4.79 Å². The van der Waals surface area contributed by atoms with Crippen molar-refractivity contribution in [2.45, 2.75) is 25.8 Å². The molecule has 1 fully saturated rings. The molecule has 0 radical (unpaired) electrons. The van der Waals surface area contributed by atoms with Crippen LogP contribution in [-0.4, -0.2) is 19.0 Å². The summed E-state index contributed by atoms with van der Waals surface area (Å²) in [5.41, 5.74) is 1.04. The summed E-state index contributed by atoms with van der Waals surface area (Å²) in [4.78, 5) is 11.9. The molecule has 0 spiro atoms. The second-order valence-corrected chi connectivity index (χ2v) is 5.34. The Kier molecular flexibility index (Phi) is 4.61. The molecule has 1 saturated heterocycles. The lowest BCUT2D eigenvalue weighted by molar-refractivity contribution is -0.122. The minimum absolute atomic E-state index is 0.00515. The number of halogens is 1. The van der Waals surface area contributed by atoms with Crippen LogP contribution in [0.3, 0.4) is 0 Å². The molecule has 98 valence electrons. The Morgan fingerprint density at radius 3 is 3.11 bits per heavy atom. The zero-order valence-electron chi connectivity index (χ0n) is 10.6. The van der Waals surface area contributed by atoms with Gasteiger partial charge in [0.2, 0.25) is 5.91 Å². The van der Waals surface area contributed by atoms with Crippen LogP contribution in [0.15, 0.2) is 24.3 Å². The van der Waals surface area contributed by atoms with Crippen molar-refractivity contribution in [2.75, 3.05) is 13.1 Å². The van der Waals surface area contributed by atoms with Gasteiger partial charge in [-0.3, -0.25) is 4.79 Å². The molecule has 1 aliphatic heterocycles. The van der Waals surface area contributed by atoms with Crippen molar-refractivity contribution in [3.05, 3.63) is 34.9 Å². The molecule has 0 aliphatic carbocycles. The van der Waals surface area contributed by atoms with Gasteiger partial charge in [0, 0.05) is 11.4 Å². The first kappa shape index (κ1) is 13.4. The predicted molar refractivity (Wildman–Crippen MR) is 73.6 cm³/mol. The minimum atomic E-state index is 0.00515. The molecule has 3 nitrogen and oxygen atoms in total. The molecule has 0 saturated carbocycles. The second-order valence-electron chi connectivity index (χ2n) is 4.91. The third kappa shape index (κ3) is 3.72. The molecule has 4 heteroatoms. The van der Waals surface area contributed by atoms with E-state index in [1.165, 1.54) is 0 Å². The number of carbonyl (C=O) groups excluding carboxylic acids is 1. The summed E-state index contributed by atoms with van der Waals surface area (Å²) < 4.78 is 0. The van der Waals surface area contributed by atoms with Crippen LogP contribution in [0, 0.1) is 5.92 Å². The van der Waals surface area contributed by atoms with Gasteiger partial charge in [0.1, 0.15) is 0 Å². The quantitative estimate of drug-likeness (QED) is 0.879. The van der Waals surface area contributed by atoms with E-state index in [2.05, 4.69) is 10.6 Å². The summed E-state index contributed by atoms with van der Waals surface area (Å²) in [5.74, 6) is 0.604. The van der Waals surface area contributed by atoms with Crippen molar-refractivity contribution in [1.29, 1.82) is 0 Å². The Hall–Kier alpha value is -1.06. The normalized spacial score (nSPS) is 20.7. The number of benzene rings is 1. The largest absolute Gasteiger partial charge is 0.350 e. The number of amides is 1. The van der Waals surface area contributed by atoms with Crippen LogP contribution in [0.1, 0.15) is 31.4 Å². The Labute approximate surface area is 113 Å². The first-order chi connectivity index (χ1) is 8.65. The average molecular weight is 267 g/mol. The van der Waals surface area contributed by atoms with Gasteiger partial charge in [-0.05, 0) is 50.0 Å². The molecule has 1 aliphatic rings. The smallest absolute Gasteiger partial charge is 0.220 e. The van der Waals surface area contributed by atoms with Crippen LogP contribution in [0.2, 0.25) is 5.02 Å². The number of rotatable bonds is 4. The molecular formula is C14H19ClN2O. The molecule has 1 aromatic rings. The summed E-state index contributed by atoms with van der Waals surface area (Å²) in [6, 6.07) is 7.62. The van der Waals surface area contributed by atoms with E-state index in [1.54, 1.807) is 0 Å². The molecule has 2 unspecified atom stereocenters. The molecule has 2 N–H and O–H groups in total. The lowest BCUT2D eigenvalue weighted by Gasteiger charge is -2.16. The summed E-state index contributed by atoms with van der Waals surface area (Å²) in [6.07, 6.45) is 1.71. The van der Waals surface area contributed by atoms with Crippen LogP contribution < -0.4 is 10.6 Å². The van der Waals surface area contributed by atoms with E-state index in [-0.39, 0.29) is 11.9 Å². The van der Waals surface area contributed by atoms with E-state index in [0.29, 0.717) is 17.4 Å². The van der Waals surface area contributed by atoms with E-state index in [0.717, 1.165) is 25.1 Å². The van der Waals surface area contributed by atoms with E-state index in [9.17, 15) is 4.79 Å². The lowest BCUT2D eigenvalue weighted by atomic mass is 10.0. The lowest BCUT2D eigenvalue weighted by Crippen LogP contribution is -2.28. The molecule has 1 amide bonds. The van der Waals surface area contributed by atoms with Crippen LogP contribution in [0.5, 0.6) is 0 Å². The van der Waals surface area contributed by atoms with Crippen molar-refractivity contribution >= 4 is 17.5 Å². The fraction of sp³-hybridized carbons (Fsp3) is 0.500. The van der Waals surface area contributed by atoms with Gasteiger partial charge in [0.25, 0.3) is 0 Å². The van der Waals surface area contributed by atoms with E-state index >= 15 is 0 Å². The zero-order chi connectivity index (χ0) is 13.0. The zero-order valence-corrected chi connectivity index (χ0v) is 11.3. The van der Waals surface area contributed by atoms with Gasteiger partial charge in [0.05, 0.1) is 6.04 Å². The van der Waals surface area contributed by atoms with Crippen molar-refractivity contribution < 1.29 is 4.79 Å². The topological polar surface area (TPSA) is 41.1 Å². The Balaban J connectivity index is 1.86. The van der Waals surface area contributed by atoms with Gasteiger partial charge in [-0.15, -0.1) is 0 Å². The van der Waals surface area contributed by atoms with Gasteiger partial charge >= 0.3 is 0 Å². The molecule has 2 atom stereocenters. The maximum atomic E-state index is 11.9. The van der Waals surface area contributed by atoms with Gasteiger partial charge in [-0.2, -0.15) is 0 Å². The minimum Gasteiger partial charge on any atom is -0.350 e. The number of nitrogens with one attached hydrogen (secondary N) is 2. The van der Waals surface area contributed by atoms with Gasteiger partial charge < -0.3 is 10.6 Å². The van der Waals surface area contributed by atoms with Crippen molar-refractivity contribution in [2.24, 2.45) is 5.92 Å². The molecular weight excluding hydrogens is 248 g/mol. The van der Waals surface area contributed by atoms with Gasteiger partial charge in [-0.1, -0.05) is 23.7 Å². The highest BCUT2D eigenvalue weighted by Crippen LogP contribution is 2.18. The van der Waals surface area contributed by atoms with Crippen LogP contribution in [0.4, 0.5) is 0 Å². The van der Waals surface area contributed by atoms with Crippen molar-refractivity contribution in [1.82, 2.24) is 10.6 Å². The highest BCUT2D eigenvalue weighted by Gasteiger charge is 2.19. The molecule has 0 bridgehead atoms. The Morgan fingerprint density at radius 2 is 2.44 bits per heavy atom. The maximum Gasteiger partial charge on any atom is 0.220 e. The first-order valence-corrected chi connectivity index (χ1v) is 6.78. The Morgan fingerprint density at radius 1 is 1.61 bits per heavy atom. The predicted octanol–water partition coefficient (Wildman–Crippen LogP) is 2.52. The third-order valence-corrected chi connectivity index (χ3v) is 3.60. The third-order valence-electron chi connectivity index (χ3n) is 3.36. The molecule has 2 rings (SSSR count). The highest BCUT2D eigenvalue weighted by molar-refractivity contribution is 6.30. The van der Waals surface area contributed by atoms with Gasteiger partial charge in [0.15, 0.2) is 0 Å². The highest BCUT2D eigenvalue weighted by atomic mass is 35.5. The second kappa shape index (κ2) is 6.21. The number of hydrogen-bond donors (Lipinski definition) is 2. The van der Waals surface area contributed by atoms with Crippen LogP contribution >= 0.6 is 11.6 Å². The van der Waals surface area contributed by atoms with E-state index < -0.39 is 0 Å². The van der Waals surface area contributed by atoms with Crippen molar-refractivity contribution in [3.63, 3.8) is 0 Å². The summed E-state index contributed by atoms with van der Waals surface area (Å²) in [6.45, 7) is 3.97. The summed E-state index contributed by atoms with van der Waals surface area (Å²) >= 11 is 5.94. The SMILES string of the molecule is CC(NC(=O)CC1CCNC1)c1cccc(Cl)c1. The summed E-state index contributed by atoms with van der Waals surface area (Å²) in [7, 11) is 0. The molecule has 18 heavy (non-hydrogen) atoms. The monoisotopic (exact) mass is 266 g/mol. The standard InChI is InChI=1S/C14H19ClN2O/c1-10(12-3-2-4-13(15)8-12)17-14(18)7-11-5-6-16-9-11/h2-4,8,10-11,16H,5-7,9H2,1H3,(H,17,18). The first-order valence-electron chi connectivity index (χ1n) is 6.40. The van der Waals surface area contributed by atoms with E-state index in [4.69, 9.17) is 11.6 Å². The number of carbonyl (C=O) groups is 1. The molecule has 1 aromatic carbocycles. The number of hydrogen-bond acceptors (Lipinski definition) is 2. The fourth-order valence-corrected chi connectivity index (χ4v) is 2.51. The van der Waals surface area contributed by atoms with Crippen molar-refractivity contribution in [3.8, 4) is 0 Å². The maximum absolute atomic E-state index is 11.9. The Bertz CT molecular complexity index is 416. The van der Waals surface area contributed by atoms with E-state index in [1.807, 2.05) is 31.2 Å². The molecule has 1 heterocycles. The van der Waals surface area contributed by atoms with Gasteiger partial charge in [-0.25, -0.2) is 0 Å². The summed E-state index contributed by atoms with van der Waals surface area (Å²) in [5, 5.41) is 7.00.